The van der Waals surface area contributed by atoms with Crippen molar-refractivity contribution >= 4 is 15.5 Å². The van der Waals surface area contributed by atoms with Gasteiger partial charge in [-0.2, -0.15) is 0 Å². The molecule has 0 saturated heterocycles. The van der Waals surface area contributed by atoms with E-state index < -0.39 is 9.52 Å². The number of ether oxygens (including phenoxy) is 3. The molecular weight excluding hydrogens is 212 g/mol. The van der Waals surface area contributed by atoms with Crippen molar-refractivity contribution in [1.82, 2.24) is 0 Å². The summed E-state index contributed by atoms with van der Waals surface area (Å²) in [5, 5.41) is 0. The predicted molar refractivity (Wildman–Crippen MR) is 61.6 cm³/mol. The average molecular weight is 234 g/mol. The normalized spacial score (nSPS) is 13.7. The summed E-state index contributed by atoms with van der Waals surface area (Å²) in [4.78, 5) is 11.0. The SMILES string of the molecule is CCC(=O)OC(C)CC[SiH2]C(OC)OC. The van der Waals surface area contributed by atoms with Gasteiger partial charge in [0.25, 0.3) is 0 Å². The van der Waals surface area contributed by atoms with Gasteiger partial charge >= 0.3 is 5.97 Å². The van der Waals surface area contributed by atoms with E-state index in [4.69, 9.17) is 14.2 Å². The van der Waals surface area contributed by atoms with Crippen LogP contribution in [0.4, 0.5) is 0 Å². The lowest BCUT2D eigenvalue weighted by Gasteiger charge is -2.15. The maximum atomic E-state index is 11.0. The van der Waals surface area contributed by atoms with Gasteiger partial charge in [-0.25, -0.2) is 0 Å². The summed E-state index contributed by atoms with van der Waals surface area (Å²) in [5.74, 6) is -0.140. The quantitative estimate of drug-likeness (QED) is 0.355. The maximum Gasteiger partial charge on any atom is 0.305 e. The fourth-order valence-corrected chi connectivity index (χ4v) is 2.89. The lowest BCUT2D eigenvalue weighted by molar-refractivity contribution is -0.147. The van der Waals surface area contributed by atoms with Crippen molar-refractivity contribution in [3.63, 3.8) is 0 Å². The Labute approximate surface area is 94.1 Å². The zero-order chi connectivity index (χ0) is 11.7. The van der Waals surface area contributed by atoms with Crippen LogP contribution in [-0.2, 0) is 19.0 Å². The number of hydrogen-bond acceptors (Lipinski definition) is 4. The van der Waals surface area contributed by atoms with Crippen LogP contribution in [0.3, 0.4) is 0 Å². The highest BCUT2D eigenvalue weighted by Crippen LogP contribution is 2.05. The summed E-state index contributed by atoms with van der Waals surface area (Å²) in [6.45, 7) is 3.73. The Morgan fingerprint density at radius 1 is 1.33 bits per heavy atom. The van der Waals surface area contributed by atoms with Crippen LogP contribution < -0.4 is 0 Å². The van der Waals surface area contributed by atoms with Crippen molar-refractivity contribution in [2.75, 3.05) is 14.2 Å². The lowest BCUT2D eigenvalue weighted by atomic mass is 10.3. The van der Waals surface area contributed by atoms with Gasteiger partial charge in [-0.15, -0.1) is 0 Å². The van der Waals surface area contributed by atoms with E-state index >= 15 is 0 Å². The van der Waals surface area contributed by atoms with Gasteiger partial charge in [0.1, 0.15) is 5.91 Å². The van der Waals surface area contributed by atoms with Crippen LogP contribution in [0.25, 0.3) is 0 Å². The third-order valence-electron chi connectivity index (χ3n) is 2.20. The van der Waals surface area contributed by atoms with Gasteiger partial charge in [-0.05, 0) is 13.3 Å². The van der Waals surface area contributed by atoms with Crippen LogP contribution in [0.2, 0.25) is 6.04 Å². The second-order valence-electron chi connectivity index (χ2n) is 3.49. The van der Waals surface area contributed by atoms with Crippen LogP contribution in [-0.4, -0.2) is 41.7 Å². The Morgan fingerprint density at radius 3 is 2.40 bits per heavy atom. The summed E-state index contributed by atoms with van der Waals surface area (Å²) in [6, 6.07) is 1.06. The topological polar surface area (TPSA) is 44.8 Å². The lowest BCUT2D eigenvalue weighted by Crippen LogP contribution is -2.23. The number of carbonyl (C=O) groups is 1. The molecule has 0 N–H and O–H groups in total. The van der Waals surface area contributed by atoms with Crippen molar-refractivity contribution in [1.29, 1.82) is 0 Å². The zero-order valence-corrected chi connectivity index (χ0v) is 11.5. The molecule has 0 saturated carbocycles. The molecule has 0 rings (SSSR count). The minimum absolute atomic E-state index is 0.0133. The monoisotopic (exact) mass is 234 g/mol. The Hall–Kier alpha value is -0.393. The molecule has 0 aliphatic rings. The summed E-state index contributed by atoms with van der Waals surface area (Å²) < 4.78 is 15.4. The molecule has 0 aromatic carbocycles. The molecule has 0 aromatic heterocycles. The molecule has 0 heterocycles. The molecule has 0 aliphatic heterocycles. The van der Waals surface area contributed by atoms with Crippen LogP contribution in [0, 0.1) is 0 Å². The molecule has 0 bridgehead atoms. The molecule has 0 amide bonds. The molecule has 1 atom stereocenters. The van der Waals surface area contributed by atoms with Crippen molar-refractivity contribution in [3.8, 4) is 0 Å². The van der Waals surface area contributed by atoms with Gasteiger partial charge in [-0.1, -0.05) is 13.0 Å². The van der Waals surface area contributed by atoms with Crippen molar-refractivity contribution in [2.45, 2.75) is 44.8 Å². The fourth-order valence-electron chi connectivity index (χ4n) is 1.27. The summed E-state index contributed by atoms with van der Waals surface area (Å²) >= 11 is 0. The van der Waals surface area contributed by atoms with E-state index in [1.54, 1.807) is 21.1 Å². The van der Waals surface area contributed by atoms with Crippen LogP contribution in [0.1, 0.15) is 26.7 Å². The first-order valence-corrected chi connectivity index (χ1v) is 7.20. The van der Waals surface area contributed by atoms with E-state index in [0.29, 0.717) is 6.42 Å². The highest BCUT2D eigenvalue weighted by molar-refractivity contribution is 6.36. The Balaban J connectivity index is 3.53. The summed E-state index contributed by atoms with van der Waals surface area (Å²) in [5.41, 5.74) is 0. The molecule has 1 unspecified atom stereocenters. The third-order valence-corrected chi connectivity index (χ3v) is 4.15. The van der Waals surface area contributed by atoms with Crippen LogP contribution in [0.15, 0.2) is 0 Å². The minimum atomic E-state index is -0.393. The Bertz CT molecular complexity index is 171. The van der Waals surface area contributed by atoms with Crippen molar-refractivity contribution < 1.29 is 19.0 Å². The van der Waals surface area contributed by atoms with E-state index in [1.165, 1.54) is 0 Å². The summed E-state index contributed by atoms with van der Waals surface area (Å²) in [6.07, 6.45) is 1.36. The zero-order valence-electron chi connectivity index (χ0n) is 10.1. The molecule has 15 heavy (non-hydrogen) atoms. The number of esters is 1. The molecule has 4 nitrogen and oxygen atoms in total. The number of hydrogen-bond donors (Lipinski definition) is 0. The highest BCUT2D eigenvalue weighted by Gasteiger charge is 2.10. The average Bonchev–Trinajstić information content (AvgIpc) is 2.24. The maximum absolute atomic E-state index is 11.0. The molecule has 0 spiro atoms. The van der Waals surface area contributed by atoms with Crippen LogP contribution >= 0.6 is 0 Å². The largest absolute Gasteiger partial charge is 0.463 e. The minimum Gasteiger partial charge on any atom is -0.463 e. The summed E-state index contributed by atoms with van der Waals surface area (Å²) in [7, 11) is 2.92. The Morgan fingerprint density at radius 2 is 1.93 bits per heavy atom. The van der Waals surface area contributed by atoms with E-state index in [9.17, 15) is 4.79 Å². The van der Waals surface area contributed by atoms with Gasteiger partial charge in [0.15, 0.2) is 0 Å². The Kier molecular flexibility index (Phi) is 8.65. The molecule has 0 radical (unpaired) electrons. The molecule has 0 aliphatic carbocycles. The molecule has 5 heteroatoms. The third kappa shape index (κ3) is 7.53. The molecule has 90 valence electrons. The van der Waals surface area contributed by atoms with E-state index in [2.05, 4.69) is 0 Å². The van der Waals surface area contributed by atoms with Gasteiger partial charge in [0.2, 0.25) is 0 Å². The standard InChI is InChI=1S/C10H22O4Si/c1-5-9(11)14-8(2)6-7-15-10(12-3)13-4/h8,10H,5-7,15H2,1-4H3. The first-order chi connectivity index (χ1) is 7.13. The van der Waals surface area contributed by atoms with Gasteiger partial charge in [-0.3, -0.25) is 4.79 Å². The first kappa shape index (κ1) is 14.6. The predicted octanol–water partition coefficient (Wildman–Crippen LogP) is 0.882. The van der Waals surface area contributed by atoms with E-state index in [0.717, 1.165) is 12.5 Å². The molecule has 0 aromatic rings. The van der Waals surface area contributed by atoms with Gasteiger partial charge < -0.3 is 14.2 Å². The van der Waals surface area contributed by atoms with Crippen molar-refractivity contribution in [2.24, 2.45) is 0 Å². The number of carbonyl (C=O) groups excluding carboxylic acids is 1. The number of methoxy groups -OCH3 is 2. The van der Waals surface area contributed by atoms with Gasteiger partial charge in [0, 0.05) is 20.6 Å². The van der Waals surface area contributed by atoms with Crippen molar-refractivity contribution in [3.05, 3.63) is 0 Å². The fraction of sp³-hybridized carbons (Fsp3) is 0.900. The van der Waals surface area contributed by atoms with E-state index in [-0.39, 0.29) is 18.0 Å². The van der Waals surface area contributed by atoms with E-state index in [1.807, 2.05) is 6.92 Å². The first-order valence-electron chi connectivity index (χ1n) is 5.39. The smallest absolute Gasteiger partial charge is 0.305 e. The van der Waals surface area contributed by atoms with Gasteiger partial charge in [0.05, 0.1) is 15.6 Å². The van der Waals surface area contributed by atoms with Crippen LogP contribution in [0.5, 0.6) is 0 Å². The molecular formula is C10H22O4Si. The second-order valence-corrected chi connectivity index (χ2v) is 5.44. The number of rotatable bonds is 8. The second kappa shape index (κ2) is 8.88. The molecule has 0 fully saturated rings. The highest BCUT2D eigenvalue weighted by atomic mass is 28.2.